The monoisotopic (exact) mass is 491 g/mol. The third-order valence-corrected chi connectivity index (χ3v) is 7.03. The summed E-state index contributed by atoms with van der Waals surface area (Å²) in [6, 6.07) is 9.88. The summed E-state index contributed by atoms with van der Waals surface area (Å²) in [4.78, 5) is 39.2. The molecular weight excluding hydrogens is 454 g/mol. The topological polar surface area (TPSA) is 109 Å². The van der Waals surface area contributed by atoms with Crippen LogP contribution in [0.15, 0.2) is 41.3 Å². The Morgan fingerprint density at radius 3 is 2.47 bits per heavy atom. The molecule has 0 spiro atoms. The maximum atomic E-state index is 13.3. The highest BCUT2D eigenvalue weighted by Gasteiger charge is 2.24. The Hall–Kier alpha value is -3.46. The van der Waals surface area contributed by atoms with Crippen LogP contribution in [-0.4, -0.2) is 69.0 Å². The summed E-state index contributed by atoms with van der Waals surface area (Å²) < 4.78 is 1.64. The fourth-order valence-electron chi connectivity index (χ4n) is 4.59. The SMILES string of the molecule is CCCCNc1nc(N)nc2ccn(Cc3ccc(C(=O)N4CCN(C(C)CC)CC4)cc3)c(=O)c12. The van der Waals surface area contributed by atoms with Gasteiger partial charge in [-0.3, -0.25) is 14.5 Å². The number of anilines is 2. The Labute approximate surface area is 212 Å². The normalized spacial score (nSPS) is 15.2. The van der Waals surface area contributed by atoms with Crippen LogP contribution in [0.25, 0.3) is 10.9 Å². The van der Waals surface area contributed by atoms with Crippen molar-refractivity contribution in [1.29, 1.82) is 0 Å². The smallest absolute Gasteiger partial charge is 0.264 e. The summed E-state index contributed by atoms with van der Waals surface area (Å²) >= 11 is 0. The van der Waals surface area contributed by atoms with Crippen molar-refractivity contribution in [2.24, 2.45) is 0 Å². The van der Waals surface area contributed by atoms with Gasteiger partial charge >= 0.3 is 0 Å². The molecule has 0 aliphatic carbocycles. The predicted molar refractivity (Wildman–Crippen MR) is 144 cm³/mol. The molecule has 3 aromatic rings. The highest BCUT2D eigenvalue weighted by atomic mass is 16.2. The van der Waals surface area contributed by atoms with Gasteiger partial charge in [0.25, 0.3) is 11.5 Å². The molecule has 0 saturated carbocycles. The van der Waals surface area contributed by atoms with E-state index in [-0.39, 0.29) is 17.4 Å². The molecule has 1 saturated heterocycles. The molecule has 3 heterocycles. The average Bonchev–Trinajstić information content (AvgIpc) is 2.90. The van der Waals surface area contributed by atoms with E-state index < -0.39 is 0 Å². The summed E-state index contributed by atoms with van der Waals surface area (Å²) in [6.45, 7) is 11.0. The minimum absolute atomic E-state index is 0.0609. The molecule has 36 heavy (non-hydrogen) atoms. The van der Waals surface area contributed by atoms with Crippen LogP contribution in [0.1, 0.15) is 56.0 Å². The minimum atomic E-state index is -0.175. The highest BCUT2D eigenvalue weighted by Crippen LogP contribution is 2.18. The van der Waals surface area contributed by atoms with E-state index in [1.54, 1.807) is 16.8 Å². The van der Waals surface area contributed by atoms with Crippen LogP contribution in [0.3, 0.4) is 0 Å². The van der Waals surface area contributed by atoms with Crippen molar-refractivity contribution in [3.05, 3.63) is 58.0 Å². The predicted octanol–water partition coefficient (Wildman–Crippen LogP) is 3.19. The Morgan fingerprint density at radius 2 is 1.81 bits per heavy atom. The van der Waals surface area contributed by atoms with Gasteiger partial charge in [0.05, 0.1) is 12.1 Å². The lowest BCUT2D eigenvalue weighted by Crippen LogP contribution is -2.51. The molecule has 1 amide bonds. The van der Waals surface area contributed by atoms with Gasteiger partial charge in [-0.05, 0) is 43.5 Å². The second-order valence-corrected chi connectivity index (χ2v) is 9.50. The van der Waals surface area contributed by atoms with Gasteiger partial charge in [0.2, 0.25) is 5.95 Å². The molecule has 1 atom stereocenters. The van der Waals surface area contributed by atoms with E-state index in [4.69, 9.17) is 5.73 Å². The number of benzene rings is 1. The molecule has 3 N–H and O–H groups in total. The summed E-state index contributed by atoms with van der Waals surface area (Å²) in [5, 5.41) is 3.67. The third kappa shape index (κ3) is 5.67. The number of hydrogen-bond donors (Lipinski definition) is 2. The van der Waals surface area contributed by atoms with E-state index >= 15 is 0 Å². The first-order valence-electron chi connectivity index (χ1n) is 12.9. The van der Waals surface area contributed by atoms with Crippen molar-refractivity contribution in [1.82, 2.24) is 24.3 Å². The van der Waals surface area contributed by atoms with E-state index in [2.05, 4.69) is 41.0 Å². The van der Waals surface area contributed by atoms with Crippen LogP contribution in [-0.2, 0) is 6.54 Å². The number of pyridine rings is 1. The lowest BCUT2D eigenvalue weighted by molar-refractivity contribution is 0.0579. The third-order valence-electron chi connectivity index (χ3n) is 7.03. The number of carbonyl (C=O) groups is 1. The minimum Gasteiger partial charge on any atom is -0.369 e. The van der Waals surface area contributed by atoms with Crippen molar-refractivity contribution < 1.29 is 4.79 Å². The van der Waals surface area contributed by atoms with Crippen LogP contribution in [0, 0.1) is 0 Å². The Morgan fingerprint density at radius 1 is 1.08 bits per heavy atom. The maximum absolute atomic E-state index is 13.3. The van der Waals surface area contributed by atoms with E-state index in [1.165, 1.54) is 0 Å². The first kappa shape index (κ1) is 25.6. The van der Waals surface area contributed by atoms with E-state index in [0.29, 0.717) is 41.4 Å². The number of unbranched alkanes of at least 4 members (excludes halogenated alkanes) is 1. The summed E-state index contributed by atoms with van der Waals surface area (Å²) in [6.07, 6.45) is 4.84. The summed E-state index contributed by atoms with van der Waals surface area (Å²) in [7, 11) is 0. The van der Waals surface area contributed by atoms with Crippen molar-refractivity contribution in [2.75, 3.05) is 43.8 Å². The average molecular weight is 492 g/mol. The summed E-state index contributed by atoms with van der Waals surface area (Å²) in [5.41, 5.74) is 7.82. The number of nitrogen functional groups attached to an aromatic ring is 1. The number of hydrogen-bond acceptors (Lipinski definition) is 7. The lowest BCUT2D eigenvalue weighted by atomic mass is 10.1. The molecule has 1 aliphatic heterocycles. The largest absolute Gasteiger partial charge is 0.369 e. The second-order valence-electron chi connectivity index (χ2n) is 9.50. The number of fused-ring (bicyclic) bond motifs is 1. The van der Waals surface area contributed by atoms with Gasteiger partial charge in [-0.25, -0.2) is 4.98 Å². The Balaban J connectivity index is 1.48. The Kier molecular flexibility index (Phi) is 8.20. The van der Waals surface area contributed by atoms with E-state index in [9.17, 15) is 9.59 Å². The molecule has 0 radical (unpaired) electrons. The van der Waals surface area contributed by atoms with Crippen LogP contribution < -0.4 is 16.6 Å². The van der Waals surface area contributed by atoms with Gasteiger partial charge < -0.3 is 20.5 Å². The van der Waals surface area contributed by atoms with Gasteiger partial charge in [0, 0.05) is 50.5 Å². The fraction of sp³-hybridized carbons (Fsp3) is 0.481. The zero-order valence-corrected chi connectivity index (χ0v) is 21.5. The van der Waals surface area contributed by atoms with Crippen LogP contribution in [0.5, 0.6) is 0 Å². The van der Waals surface area contributed by atoms with Crippen molar-refractivity contribution >= 4 is 28.6 Å². The van der Waals surface area contributed by atoms with Gasteiger partial charge in [-0.15, -0.1) is 0 Å². The number of nitrogens with two attached hydrogens (primary N) is 1. The number of piperazine rings is 1. The van der Waals surface area contributed by atoms with E-state index in [0.717, 1.165) is 51.0 Å². The highest BCUT2D eigenvalue weighted by molar-refractivity contribution is 5.94. The standard InChI is InChI=1S/C27H37N7O2/c1-4-6-12-29-24-23-22(30-27(28)31-24)11-13-34(26(23)36)18-20-7-9-21(10-8-20)25(35)33-16-14-32(15-17-33)19(3)5-2/h7-11,13,19H,4-6,12,14-18H2,1-3H3,(H3,28,29,30,31). The molecule has 1 aromatic carbocycles. The molecule has 9 heteroatoms. The number of nitrogens with one attached hydrogen (secondary N) is 1. The second kappa shape index (κ2) is 11.5. The number of carbonyl (C=O) groups excluding carboxylic acids is 1. The zero-order chi connectivity index (χ0) is 25.7. The van der Waals surface area contributed by atoms with Gasteiger partial charge in [-0.2, -0.15) is 4.98 Å². The molecule has 1 unspecified atom stereocenters. The first-order chi connectivity index (χ1) is 17.4. The van der Waals surface area contributed by atoms with Gasteiger partial charge in [0.1, 0.15) is 11.2 Å². The number of nitrogens with zero attached hydrogens (tertiary/aromatic N) is 5. The van der Waals surface area contributed by atoms with Crippen LogP contribution >= 0.6 is 0 Å². The van der Waals surface area contributed by atoms with Gasteiger partial charge in [0.15, 0.2) is 0 Å². The van der Waals surface area contributed by atoms with E-state index in [1.807, 2.05) is 29.2 Å². The first-order valence-corrected chi connectivity index (χ1v) is 12.9. The molecule has 2 aromatic heterocycles. The molecule has 9 nitrogen and oxygen atoms in total. The molecule has 1 aliphatic rings. The molecular formula is C27H37N7O2. The number of amides is 1. The fourth-order valence-corrected chi connectivity index (χ4v) is 4.59. The lowest BCUT2D eigenvalue weighted by Gasteiger charge is -2.37. The maximum Gasteiger partial charge on any atom is 0.264 e. The number of aromatic nitrogens is 3. The summed E-state index contributed by atoms with van der Waals surface area (Å²) in [5.74, 6) is 0.672. The van der Waals surface area contributed by atoms with Crippen molar-refractivity contribution in [2.45, 2.75) is 52.6 Å². The molecule has 4 rings (SSSR count). The van der Waals surface area contributed by atoms with Crippen molar-refractivity contribution in [3.63, 3.8) is 0 Å². The molecule has 1 fully saturated rings. The molecule has 192 valence electrons. The Bertz CT molecular complexity index is 1250. The van der Waals surface area contributed by atoms with Crippen LogP contribution in [0.4, 0.5) is 11.8 Å². The zero-order valence-electron chi connectivity index (χ0n) is 21.5. The van der Waals surface area contributed by atoms with Gasteiger partial charge in [-0.1, -0.05) is 32.4 Å². The van der Waals surface area contributed by atoms with Crippen LogP contribution in [0.2, 0.25) is 0 Å². The quantitative estimate of drug-likeness (QED) is 0.443. The number of rotatable bonds is 9. The molecule has 0 bridgehead atoms. The van der Waals surface area contributed by atoms with Crippen molar-refractivity contribution in [3.8, 4) is 0 Å².